The number of aromatic nitrogens is 1. The van der Waals surface area contributed by atoms with Gasteiger partial charge in [-0.3, -0.25) is 4.79 Å². The quantitative estimate of drug-likeness (QED) is 0.656. The summed E-state index contributed by atoms with van der Waals surface area (Å²) in [6.45, 7) is 0. The zero-order valence-electron chi connectivity index (χ0n) is 14.7. The maximum atomic E-state index is 13.7. The molecule has 0 bridgehead atoms. The summed E-state index contributed by atoms with van der Waals surface area (Å²) in [5.74, 6) is -2.06. The first kappa shape index (κ1) is 18.4. The van der Waals surface area contributed by atoms with E-state index < -0.39 is 23.7 Å². The Morgan fingerprint density at radius 2 is 1.89 bits per heavy atom. The number of H-pyrrole nitrogens is 1. The van der Waals surface area contributed by atoms with Gasteiger partial charge in [0, 0.05) is 42.2 Å². The zero-order valence-corrected chi connectivity index (χ0v) is 14.7. The van der Waals surface area contributed by atoms with Crippen LogP contribution in [0.5, 0.6) is 0 Å². The average Bonchev–Trinajstić information content (AvgIpc) is 3.07. The summed E-state index contributed by atoms with van der Waals surface area (Å²) in [4.78, 5) is 28.4. The maximum absolute atomic E-state index is 13.7. The molecule has 0 spiro atoms. The van der Waals surface area contributed by atoms with Gasteiger partial charge in [0.1, 0.15) is 11.9 Å². The minimum atomic E-state index is -1.10. The summed E-state index contributed by atoms with van der Waals surface area (Å²) in [7, 11) is 1.43. The van der Waals surface area contributed by atoms with Gasteiger partial charge in [0.2, 0.25) is 5.91 Å². The van der Waals surface area contributed by atoms with Gasteiger partial charge in [-0.25, -0.2) is 9.18 Å². The molecule has 0 fully saturated rings. The van der Waals surface area contributed by atoms with Crippen LogP contribution in [0, 0.1) is 5.82 Å². The molecule has 1 atom stereocenters. The lowest BCUT2D eigenvalue weighted by Crippen LogP contribution is -2.43. The lowest BCUT2D eigenvalue weighted by atomic mass is 10.0. The molecular formula is C21H19FN2O3. The number of likely N-dealkylation sites (N-methyl/N-ethyl adjacent to an activating group) is 1. The van der Waals surface area contributed by atoms with Crippen molar-refractivity contribution in [3.05, 3.63) is 77.7 Å². The van der Waals surface area contributed by atoms with Gasteiger partial charge in [0.25, 0.3) is 0 Å². The molecule has 2 N–H and O–H groups in total. The monoisotopic (exact) mass is 366 g/mol. The summed E-state index contributed by atoms with van der Waals surface area (Å²) in [5, 5.41) is 10.5. The van der Waals surface area contributed by atoms with Gasteiger partial charge in [-0.2, -0.15) is 0 Å². The van der Waals surface area contributed by atoms with Crippen molar-refractivity contribution < 1.29 is 19.1 Å². The van der Waals surface area contributed by atoms with Crippen molar-refractivity contribution in [3.63, 3.8) is 0 Å². The Labute approximate surface area is 155 Å². The normalized spacial score (nSPS) is 12.4. The van der Waals surface area contributed by atoms with E-state index in [0.29, 0.717) is 0 Å². The number of rotatable bonds is 6. The molecule has 0 saturated carbocycles. The van der Waals surface area contributed by atoms with E-state index in [4.69, 9.17) is 0 Å². The molecule has 2 aromatic carbocycles. The number of benzene rings is 2. The molecule has 27 heavy (non-hydrogen) atoms. The fraction of sp³-hybridized carbons (Fsp3) is 0.143. The molecule has 1 amide bonds. The number of nitrogens with one attached hydrogen (secondary N) is 1. The van der Waals surface area contributed by atoms with Gasteiger partial charge in [0.15, 0.2) is 0 Å². The molecule has 0 aliphatic carbocycles. The molecule has 0 unspecified atom stereocenters. The van der Waals surface area contributed by atoms with Crippen LogP contribution in [0.15, 0.2) is 60.8 Å². The van der Waals surface area contributed by atoms with Gasteiger partial charge < -0.3 is 15.0 Å². The number of aromatic amines is 1. The Morgan fingerprint density at radius 1 is 1.19 bits per heavy atom. The molecule has 138 valence electrons. The summed E-state index contributed by atoms with van der Waals surface area (Å²) in [6, 6.07) is 12.6. The number of carboxylic acids is 1. The SMILES string of the molecule is CN(C(=O)C=Cc1ccccc1F)[C@@H](Cc1c[nH]c2ccccc12)C(=O)O. The van der Waals surface area contributed by atoms with Gasteiger partial charge in [-0.15, -0.1) is 0 Å². The molecule has 1 aromatic heterocycles. The van der Waals surface area contributed by atoms with Crippen LogP contribution in [0.25, 0.3) is 17.0 Å². The number of hydrogen-bond donors (Lipinski definition) is 2. The van der Waals surface area contributed by atoms with Crippen molar-refractivity contribution in [3.8, 4) is 0 Å². The third-order valence-corrected chi connectivity index (χ3v) is 4.50. The van der Waals surface area contributed by atoms with E-state index in [1.54, 1.807) is 24.4 Å². The predicted octanol–water partition coefficient (Wildman–Crippen LogP) is 3.47. The van der Waals surface area contributed by atoms with Crippen LogP contribution >= 0.6 is 0 Å². The number of aliphatic carboxylic acids is 1. The number of amides is 1. The van der Waals surface area contributed by atoms with Gasteiger partial charge in [0.05, 0.1) is 0 Å². The Bertz CT molecular complexity index is 1010. The van der Waals surface area contributed by atoms with Crippen LogP contribution in [-0.2, 0) is 16.0 Å². The average molecular weight is 366 g/mol. The van der Waals surface area contributed by atoms with Gasteiger partial charge >= 0.3 is 5.97 Å². The van der Waals surface area contributed by atoms with Crippen molar-refractivity contribution in [1.82, 2.24) is 9.88 Å². The number of nitrogens with zero attached hydrogens (tertiary/aromatic N) is 1. The molecule has 0 radical (unpaired) electrons. The lowest BCUT2D eigenvalue weighted by molar-refractivity contribution is -0.147. The van der Waals surface area contributed by atoms with E-state index in [9.17, 15) is 19.1 Å². The van der Waals surface area contributed by atoms with Crippen LogP contribution in [0.3, 0.4) is 0 Å². The van der Waals surface area contributed by atoms with Crippen LogP contribution < -0.4 is 0 Å². The fourth-order valence-corrected chi connectivity index (χ4v) is 2.94. The first-order valence-electron chi connectivity index (χ1n) is 8.44. The first-order chi connectivity index (χ1) is 13.0. The largest absolute Gasteiger partial charge is 0.480 e. The van der Waals surface area contributed by atoms with Crippen molar-refractivity contribution in [1.29, 1.82) is 0 Å². The number of fused-ring (bicyclic) bond motifs is 1. The first-order valence-corrected chi connectivity index (χ1v) is 8.44. The van der Waals surface area contributed by atoms with Crippen LogP contribution in [0.1, 0.15) is 11.1 Å². The Balaban J connectivity index is 1.79. The molecule has 0 aliphatic heterocycles. The molecule has 3 rings (SSSR count). The highest BCUT2D eigenvalue weighted by molar-refractivity contribution is 5.94. The third-order valence-electron chi connectivity index (χ3n) is 4.50. The fourth-order valence-electron chi connectivity index (χ4n) is 2.94. The second kappa shape index (κ2) is 7.86. The molecular weight excluding hydrogens is 347 g/mol. The summed E-state index contributed by atoms with van der Waals surface area (Å²) in [5.41, 5.74) is 1.99. The highest BCUT2D eigenvalue weighted by Crippen LogP contribution is 2.20. The van der Waals surface area contributed by atoms with Crippen LogP contribution in [0.4, 0.5) is 4.39 Å². The predicted molar refractivity (Wildman–Crippen MR) is 102 cm³/mol. The van der Waals surface area contributed by atoms with Crippen molar-refractivity contribution in [2.45, 2.75) is 12.5 Å². The molecule has 1 heterocycles. The minimum absolute atomic E-state index is 0.162. The van der Waals surface area contributed by atoms with E-state index in [-0.39, 0.29) is 12.0 Å². The van der Waals surface area contributed by atoms with E-state index >= 15 is 0 Å². The molecule has 0 aliphatic rings. The number of carbonyl (C=O) groups excluding carboxylic acids is 1. The molecule has 6 heteroatoms. The number of carbonyl (C=O) groups is 2. The smallest absolute Gasteiger partial charge is 0.326 e. The summed E-state index contributed by atoms with van der Waals surface area (Å²) < 4.78 is 13.7. The van der Waals surface area contributed by atoms with Gasteiger partial charge in [-0.05, 0) is 23.8 Å². The van der Waals surface area contributed by atoms with Crippen molar-refractivity contribution >= 4 is 28.9 Å². The van der Waals surface area contributed by atoms with E-state index in [0.717, 1.165) is 21.4 Å². The Hall–Kier alpha value is -3.41. The maximum Gasteiger partial charge on any atom is 0.326 e. The van der Waals surface area contributed by atoms with Crippen molar-refractivity contribution in [2.24, 2.45) is 0 Å². The topological polar surface area (TPSA) is 73.4 Å². The molecule has 0 saturated heterocycles. The second-order valence-corrected chi connectivity index (χ2v) is 6.22. The highest BCUT2D eigenvalue weighted by atomic mass is 19.1. The van der Waals surface area contributed by atoms with Crippen LogP contribution in [-0.4, -0.2) is 40.0 Å². The van der Waals surface area contributed by atoms with Gasteiger partial charge in [-0.1, -0.05) is 36.4 Å². The summed E-state index contributed by atoms with van der Waals surface area (Å²) >= 11 is 0. The van der Waals surface area contributed by atoms with Crippen LogP contribution in [0.2, 0.25) is 0 Å². The number of hydrogen-bond acceptors (Lipinski definition) is 2. The summed E-state index contributed by atoms with van der Waals surface area (Å²) in [6.07, 6.45) is 4.45. The van der Waals surface area contributed by atoms with E-state index in [1.165, 1.54) is 25.3 Å². The zero-order chi connectivity index (χ0) is 19.4. The molecule has 3 aromatic rings. The number of para-hydroxylation sites is 1. The Morgan fingerprint density at radius 3 is 2.63 bits per heavy atom. The number of carboxylic acid groups (broad SMARTS) is 1. The minimum Gasteiger partial charge on any atom is -0.480 e. The Kier molecular flexibility index (Phi) is 5.35. The highest BCUT2D eigenvalue weighted by Gasteiger charge is 2.26. The van der Waals surface area contributed by atoms with E-state index in [1.807, 2.05) is 24.3 Å². The van der Waals surface area contributed by atoms with Crippen molar-refractivity contribution in [2.75, 3.05) is 7.05 Å². The van der Waals surface area contributed by atoms with E-state index in [2.05, 4.69) is 4.98 Å². The third kappa shape index (κ3) is 4.06. The molecule has 5 nitrogen and oxygen atoms in total. The lowest BCUT2D eigenvalue weighted by Gasteiger charge is -2.23. The number of halogens is 1. The standard InChI is InChI=1S/C21H19FN2O3/c1-24(20(25)11-10-14-6-2-4-8-17(14)22)19(21(26)27)12-15-13-23-18-9-5-3-7-16(15)18/h2-11,13,19,23H,12H2,1H3,(H,26,27)/t19-/m0/s1. The second-order valence-electron chi connectivity index (χ2n) is 6.22.